The third kappa shape index (κ3) is 4.50. The number of rotatable bonds is 5. The van der Waals surface area contributed by atoms with Gasteiger partial charge in [0.25, 0.3) is 5.91 Å². The number of hydrogen-bond acceptors (Lipinski definition) is 2. The fourth-order valence-electron chi connectivity index (χ4n) is 4.12. The zero-order chi connectivity index (χ0) is 23.5. The first-order valence-corrected chi connectivity index (χ1v) is 11.6. The highest BCUT2D eigenvalue weighted by atomic mass is 79.9. The summed E-state index contributed by atoms with van der Waals surface area (Å²) in [7, 11) is 0. The number of anilines is 1. The Hall–Kier alpha value is -4.14. The van der Waals surface area contributed by atoms with Crippen molar-refractivity contribution in [3.63, 3.8) is 0 Å². The maximum atomic E-state index is 12.8. The molecule has 1 amide bonds. The van der Waals surface area contributed by atoms with Crippen molar-refractivity contribution in [2.24, 2.45) is 0 Å². The molecule has 5 heteroatoms. The Morgan fingerprint density at radius 3 is 2.56 bits per heavy atom. The Morgan fingerprint density at radius 1 is 0.941 bits per heavy atom. The summed E-state index contributed by atoms with van der Waals surface area (Å²) in [5, 5.41) is 15.9. The van der Waals surface area contributed by atoms with Crippen molar-refractivity contribution in [3.05, 3.63) is 118 Å². The third-order valence-electron chi connectivity index (χ3n) is 5.73. The van der Waals surface area contributed by atoms with Crippen molar-refractivity contribution in [2.75, 3.05) is 5.32 Å². The van der Waals surface area contributed by atoms with Crippen LogP contribution in [0.1, 0.15) is 11.1 Å². The zero-order valence-electron chi connectivity index (χ0n) is 18.2. The van der Waals surface area contributed by atoms with E-state index in [1.807, 2.05) is 48.7 Å². The van der Waals surface area contributed by atoms with E-state index in [0.29, 0.717) is 12.2 Å². The molecule has 4 aromatic carbocycles. The number of nitrogens with zero attached hydrogens (tertiary/aromatic N) is 2. The van der Waals surface area contributed by atoms with Crippen molar-refractivity contribution >= 4 is 55.3 Å². The minimum atomic E-state index is -0.438. The summed E-state index contributed by atoms with van der Waals surface area (Å²) >= 11 is 3.40. The van der Waals surface area contributed by atoms with Crippen LogP contribution in [-0.2, 0) is 11.3 Å². The first-order chi connectivity index (χ1) is 16.6. The molecule has 5 aromatic rings. The highest BCUT2D eigenvalue weighted by molar-refractivity contribution is 9.10. The van der Waals surface area contributed by atoms with Crippen molar-refractivity contribution in [2.45, 2.75) is 6.54 Å². The van der Waals surface area contributed by atoms with Gasteiger partial charge in [-0.05, 0) is 52.7 Å². The minimum absolute atomic E-state index is 0.0496. The summed E-state index contributed by atoms with van der Waals surface area (Å²) in [6, 6.07) is 32.2. The van der Waals surface area contributed by atoms with E-state index in [2.05, 4.69) is 68.3 Å². The van der Waals surface area contributed by atoms with Crippen LogP contribution in [0.4, 0.5) is 5.69 Å². The molecule has 1 aromatic heterocycles. The topological polar surface area (TPSA) is 57.8 Å². The number of hydrogen-bond donors (Lipinski definition) is 1. The number of para-hydroxylation sites is 1. The number of benzene rings is 4. The van der Waals surface area contributed by atoms with Gasteiger partial charge in [-0.1, -0.05) is 76.6 Å². The second-order valence-corrected chi connectivity index (χ2v) is 8.96. The lowest BCUT2D eigenvalue weighted by Crippen LogP contribution is -2.13. The van der Waals surface area contributed by atoms with Gasteiger partial charge in [0, 0.05) is 39.4 Å². The van der Waals surface area contributed by atoms with Gasteiger partial charge >= 0.3 is 0 Å². The molecule has 0 aliphatic carbocycles. The highest BCUT2D eigenvalue weighted by Crippen LogP contribution is 2.26. The number of carbonyl (C=O) groups excluding carboxylic acids is 1. The summed E-state index contributed by atoms with van der Waals surface area (Å²) in [5.74, 6) is -0.438. The normalized spacial score (nSPS) is 11.5. The van der Waals surface area contributed by atoms with E-state index < -0.39 is 5.91 Å². The molecule has 5 rings (SSSR count). The summed E-state index contributed by atoms with van der Waals surface area (Å²) < 4.78 is 3.01. The first kappa shape index (κ1) is 21.7. The predicted octanol–water partition coefficient (Wildman–Crippen LogP) is 7.15. The number of fused-ring (bicyclic) bond motifs is 2. The van der Waals surface area contributed by atoms with Crippen LogP contribution in [0.3, 0.4) is 0 Å². The SMILES string of the molecule is N#C/C(=C/c1cn(Cc2ccc3ccccc3c2)c2ccccc12)C(=O)Nc1cccc(Br)c1. The molecule has 34 heavy (non-hydrogen) atoms. The lowest BCUT2D eigenvalue weighted by molar-refractivity contribution is -0.112. The van der Waals surface area contributed by atoms with Crippen LogP contribution in [0.5, 0.6) is 0 Å². The molecule has 164 valence electrons. The Kier molecular flexibility index (Phi) is 5.99. The molecule has 0 aliphatic rings. The van der Waals surface area contributed by atoms with Crippen LogP contribution in [0, 0.1) is 11.3 Å². The molecule has 1 heterocycles. The molecule has 0 radical (unpaired) electrons. The summed E-state index contributed by atoms with van der Waals surface area (Å²) in [6.07, 6.45) is 3.66. The van der Waals surface area contributed by atoms with E-state index in [-0.39, 0.29) is 5.57 Å². The average Bonchev–Trinajstić information content (AvgIpc) is 3.19. The Bertz CT molecular complexity index is 1610. The molecule has 4 nitrogen and oxygen atoms in total. The van der Waals surface area contributed by atoms with Gasteiger partial charge in [-0.3, -0.25) is 4.79 Å². The quantitative estimate of drug-likeness (QED) is 0.203. The Labute approximate surface area is 205 Å². The van der Waals surface area contributed by atoms with Gasteiger partial charge in [-0.2, -0.15) is 5.26 Å². The highest BCUT2D eigenvalue weighted by Gasteiger charge is 2.13. The van der Waals surface area contributed by atoms with Gasteiger partial charge in [0.1, 0.15) is 11.6 Å². The number of aromatic nitrogens is 1. The summed E-state index contributed by atoms with van der Waals surface area (Å²) in [6.45, 7) is 0.686. The van der Waals surface area contributed by atoms with Crippen LogP contribution in [0.15, 0.2) is 107 Å². The molecule has 1 N–H and O–H groups in total. The second-order valence-electron chi connectivity index (χ2n) is 8.05. The van der Waals surface area contributed by atoms with E-state index in [1.165, 1.54) is 16.3 Å². The van der Waals surface area contributed by atoms with E-state index in [1.54, 1.807) is 18.2 Å². The maximum absolute atomic E-state index is 12.8. The minimum Gasteiger partial charge on any atom is -0.342 e. The number of halogens is 1. The molecule has 0 atom stereocenters. The molecule has 0 saturated carbocycles. The fourth-order valence-corrected chi connectivity index (χ4v) is 4.52. The van der Waals surface area contributed by atoms with E-state index in [9.17, 15) is 10.1 Å². The van der Waals surface area contributed by atoms with Crippen molar-refractivity contribution < 1.29 is 4.79 Å². The van der Waals surface area contributed by atoms with Gasteiger partial charge in [-0.15, -0.1) is 0 Å². The van der Waals surface area contributed by atoms with Crippen molar-refractivity contribution in [3.8, 4) is 6.07 Å². The van der Waals surface area contributed by atoms with E-state index in [0.717, 1.165) is 20.9 Å². The zero-order valence-corrected chi connectivity index (χ0v) is 19.8. The summed E-state index contributed by atoms with van der Waals surface area (Å²) in [5.41, 5.74) is 3.74. The molecule has 0 bridgehead atoms. The number of amides is 1. The second kappa shape index (κ2) is 9.38. The van der Waals surface area contributed by atoms with Crippen molar-refractivity contribution in [1.82, 2.24) is 4.57 Å². The molecule has 0 aliphatic heterocycles. The fraction of sp³-hybridized carbons (Fsp3) is 0.0345. The molecule has 0 unspecified atom stereocenters. The molecule has 0 saturated heterocycles. The number of nitrogens with one attached hydrogen (secondary N) is 1. The maximum Gasteiger partial charge on any atom is 0.266 e. The molecular formula is C29H20BrN3O. The average molecular weight is 506 g/mol. The Balaban J connectivity index is 1.49. The monoisotopic (exact) mass is 505 g/mol. The van der Waals surface area contributed by atoms with Crippen LogP contribution in [-0.4, -0.2) is 10.5 Å². The number of carbonyl (C=O) groups is 1. The van der Waals surface area contributed by atoms with Crippen LogP contribution >= 0.6 is 15.9 Å². The first-order valence-electron chi connectivity index (χ1n) is 10.8. The molecule has 0 spiro atoms. The van der Waals surface area contributed by atoms with Gasteiger partial charge in [-0.25, -0.2) is 0 Å². The molecular weight excluding hydrogens is 486 g/mol. The van der Waals surface area contributed by atoms with Crippen LogP contribution < -0.4 is 5.32 Å². The number of nitriles is 1. The summed E-state index contributed by atoms with van der Waals surface area (Å²) in [4.78, 5) is 12.8. The van der Waals surface area contributed by atoms with E-state index in [4.69, 9.17) is 0 Å². The van der Waals surface area contributed by atoms with Gasteiger partial charge in [0.15, 0.2) is 0 Å². The molecule has 0 fully saturated rings. The van der Waals surface area contributed by atoms with E-state index >= 15 is 0 Å². The van der Waals surface area contributed by atoms with Crippen LogP contribution in [0.2, 0.25) is 0 Å². The standard InChI is InChI=1S/C29H20BrN3O/c30-25-8-5-9-26(16-25)32-29(34)23(17-31)15-24-19-33(28-11-4-3-10-27(24)28)18-20-12-13-21-6-1-2-7-22(21)14-20/h1-16,19H,18H2,(H,32,34)/b23-15-. The van der Waals surface area contributed by atoms with Gasteiger partial charge < -0.3 is 9.88 Å². The largest absolute Gasteiger partial charge is 0.342 e. The smallest absolute Gasteiger partial charge is 0.266 e. The van der Waals surface area contributed by atoms with Gasteiger partial charge in [0.2, 0.25) is 0 Å². The van der Waals surface area contributed by atoms with Gasteiger partial charge in [0.05, 0.1) is 0 Å². The lowest BCUT2D eigenvalue weighted by Gasteiger charge is -2.07. The lowest BCUT2D eigenvalue weighted by atomic mass is 10.1. The van der Waals surface area contributed by atoms with Crippen molar-refractivity contribution in [1.29, 1.82) is 5.26 Å². The Morgan fingerprint density at radius 2 is 1.74 bits per heavy atom. The van der Waals surface area contributed by atoms with Crippen LogP contribution in [0.25, 0.3) is 27.8 Å². The third-order valence-corrected chi connectivity index (χ3v) is 6.23. The predicted molar refractivity (Wildman–Crippen MR) is 141 cm³/mol.